The summed E-state index contributed by atoms with van der Waals surface area (Å²) in [6, 6.07) is 10.2. The summed E-state index contributed by atoms with van der Waals surface area (Å²) in [6.07, 6.45) is 1.45. The Bertz CT molecular complexity index is 775. The number of hydrogen-bond donors (Lipinski definition) is 0. The molecule has 0 aliphatic carbocycles. The lowest BCUT2D eigenvalue weighted by molar-refractivity contribution is -0.136. The Morgan fingerprint density at radius 2 is 1.65 bits per heavy atom. The van der Waals surface area contributed by atoms with Crippen LogP contribution in [0.25, 0.3) is 0 Å². The lowest BCUT2D eigenvalue weighted by Crippen LogP contribution is -2.51. The summed E-state index contributed by atoms with van der Waals surface area (Å²) in [6.45, 7) is 3.24. The maximum Gasteiger partial charge on any atom is 0.338 e. The number of hydrogen-bond acceptors (Lipinski definition) is 5. The van der Waals surface area contributed by atoms with E-state index in [0.717, 1.165) is 5.56 Å². The molecule has 0 bridgehead atoms. The Labute approximate surface area is 151 Å². The minimum absolute atomic E-state index is 0.187. The summed E-state index contributed by atoms with van der Waals surface area (Å²) in [5.41, 5.74) is 1.46. The number of aryl methyl sites for hydroxylation is 1. The summed E-state index contributed by atoms with van der Waals surface area (Å²) in [4.78, 5) is 39.6. The second kappa shape index (κ2) is 7.86. The van der Waals surface area contributed by atoms with E-state index in [1.165, 1.54) is 6.26 Å². The van der Waals surface area contributed by atoms with Crippen LogP contribution in [0.2, 0.25) is 0 Å². The summed E-state index contributed by atoms with van der Waals surface area (Å²) >= 11 is 0. The van der Waals surface area contributed by atoms with Crippen LogP contribution in [-0.4, -0.2) is 60.4 Å². The SMILES string of the molecule is Cc1ccc(C(=O)OCC(=O)N2CCN(C(=O)c3ccco3)CC2)cc1. The van der Waals surface area contributed by atoms with Crippen LogP contribution in [0.3, 0.4) is 0 Å². The van der Waals surface area contributed by atoms with Gasteiger partial charge in [0.2, 0.25) is 0 Å². The third-order valence-electron chi connectivity index (χ3n) is 4.27. The van der Waals surface area contributed by atoms with Crippen molar-refractivity contribution in [3.63, 3.8) is 0 Å². The first-order valence-corrected chi connectivity index (χ1v) is 8.39. The van der Waals surface area contributed by atoms with Crippen molar-refractivity contribution >= 4 is 17.8 Å². The smallest absolute Gasteiger partial charge is 0.338 e. The van der Waals surface area contributed by atoms with Gasteiger partial charge in [0.25, 0.3) is 11.8 Å². The molecule has 2 amide bonds. The van der Waals surface area contributed by atoms with Crippen molar-refractivity contribution in [3.05, 3.63) is 59.5 Å². The maximum atomic E-state index is 12.2. The summed E-state index contributed by atoms with van der Waals surface area (Å²) in [7, 11) is 0. The molecule has 0 spiro atoms. The van der Waals surface area contributed by atoms with Crippen molar-refractivity contribution in [2.45, 2.75) is 6.92 Å². The van der Waals surface area contributed by atoms with Crippen LogP contribution in [0.4, 0.5) is 0 Å². The molecule has 1 aliphatic rings. The van der Waals surface area contributed by atoms with Crippen LogP contribution in [0.15, 0.2) is 47.1 Å². The highest BCUT2D eigenvalue weighted by atomic mass is 16.5. The average molecular weight is 356 g/mol. The number of carbonyl (C=O) groups is 3. The quantitative estimate of drug-likeness (QED) is 0.780. The summed E-state index contributed by atoms with van der Waals surface area (Å²) < 4.78 is 10.2. The highest BCUT2D eigenvalue weighted by Crippen LogP contribution is 2.10. The van der Waals surface area contributed by atoms with Crippen LogP contribution in [0.1, 0.15) is 26.5 Å². The van der Waals surface area contributed by atoms with Gasteiger partial charge in [0.15, 0.2) is 12.4 Å². The lowest BCUT2D eigenvalue weighted by Gasteiger charge is -2.34. The third-order valence-corrected chi connectivity index (χ3v) is 4.27. The van der Waals surface area contributed by atoms with Crippen molar-refractivity contribution in [2.24, 2.45) is 0 Å². The van der Waals surface area contributed by atoms with E-state index >= 15 is 0 Å². The molecule has 0 radical (unpaired) electrons. The van der Waals surface area contributed by atoms with Crippen molar-refractivity contribution in [2.75, 3.05) is 32.8 Å². The van der Waals surface area contributed by atoms with Crippen LogP contribution in [0.5, 0.6) is 0 Å². The number of furan rings is 1. The summed E-state index contributed by atoms with van der Waals surface area (Å²) in [5.74, 6) is -0.690. The fourth-order valence-electron chi connectivity index (χ4n) is 2.71. The summed E-state index contributed by atoms with van der Waals surface area (Å²) in [5, 5.41) is 0. The monoisotopic (exact) mass is 356 g/mol. The van der Waals surface area contributed by atoms with Gasteiger partial charge in [-0.15, -0.1) is 0 Å². The number of nitrogens with zero attached hydrogens (tertiary/aromatic N) is 2. The van der Waals surface area contributed by atoms with Crippen LogP contribution < -0.4 is 0 Å². The number of piperazine rings is 1. The van der Waals surface area contributed by atoms with E-state index in [2.05, 4.69) is 0 Å². The van der Waals surface area contributed by atoms with Gasteiger partial charge < -0.3 is 19.0 Å². The van der Waals surface area contributed by atoms with Gasteiger partial charge in [-0.3, -0.25) is 9.59 Å². The maximum absolute atomic E-state index is 12.2. The second-order valence-electron chi connectivity index (χ2n) is 6.09. The fourth-order valence-corrected chi connectivity index (χ4v) is 2.71. The standard InChI is InChI=1S/C19H20N2O5/c1-14-4-6-15(7-5-14)19(24)26-13-17(22)20-8-10-21(11-9-20)18(23)16-3-2-12-25-16/h2-7,12H,8-11,13H2,1H3. The van der Waals surface area contributed by atoms with E-state index in [9.17, 15) is 14.4 Å². The molecule has 0 N–H and O–H groups in total. The highest BCUT2D eigenvalue weighted by molar-refractivity contribution is 5.92. The third kappa shape index (κ3) is 4.11. The molecule has 136 valence electrons. The van der Waals surface area contributed by atoms with Crippen LogP contribution >= 0.6 is 0 Å². The first-order valence-electron chi connectivity index (χ1n) is 8.39. The molecule has 1 aliphatic heterocycles. The van der Waals surface area contributed by atoms with E-state index in [0.29, 0.717) is 31.7 Å². The molecule has 2 heterocycles. The normalized spacial score (nSPS) is 14.2. The Kier molecular flexibility index (Phi) is 5.36. The zero-order chi connectivity index (χ0) is 18.5. The molecule has 3 rings (SSSR count). The fraction of sp³-hybridized carbons (Fsp3) is 0.316. The number of esters is 1. The van der Waals surface area contributed by atoms with Gasteiger partial charge >= 0.3 is 5.97 Å². The zero-order valence-electron chi connectivity index (χ0n) is 14.5. The number of benzene rings is 1. The van der Waals surface area contributed by atoms with Gasteiger partial charge in [-0.05, 0) is 31.2 Å². The van der Waals surface area contributed by atoms with E-state index in [1.807, 2.05) is 19.1 Å². The molecule has 1 fully saturated rings. The zero-order valence-corrected chi connectivity index (χ0v) is 14.5. The number of amides is 2. The van der Waals surface area contributed by atoms with Gasteiger partial charge in [0, 0.05) is 26.2 Å². The van der Waals surface area contributed by atoms with Gasteiger partial charge in [-0.2, -0.15) is 0 Å². The molecule has 7 heteroatoms. The van der Waals surface area contributed by atoms with E-state index in [-0.39, 0.29) is 24.2 Å². The van der Waals surface area contributed by atoms with Crippen molar-refractivity contribution in [1.82, 2.24) is 9.80 Å². The van der Waals surface area contributed by atoms with Crippen molar-refractivity contribution in [1.29, 1.82) is 0 Å². The van der Waals surface area contributed by atoms with Crippen molar-refractivity contribution < 1.29 is 23.5 Å². The molecule has 1 aromatic heterocycles. The van der Waals surface area contributed by atoms with E-state index in [4.69, 9.17) is 9.15 Å². The largest absolute Gasteiger partial charge is 0.459 e. The molecule has 26 heavy (non-hydrogen) atoms. The van der Waals surface area contributed by atoms with E-state index < -0.39 is 5.97 Å². The molecule has 0 saturated carbocycles. The number of carbonyl (C=O) groups excluding carboxylic acids is 3. The topological polar surface area (TPSA) is 80.1 Å². The Hall–Kier alpha value is -3.09. The predicted octanol–water partition coefficient (Wildman–Crippen LogP) is 1.73. The predicted molar refractivity (Wildman–Crippen MR) is 92.7 cm³/mol. The van der Waals surface area contributed by atoms with Gasteiger partial charge in [-0.25, -0.2) is 4.79 Å². The molecular formula is C19H20N2O5. The lowest BCUT2D eigenvalue weighted by atomic mass is 10.1. The minimum Gasteiger partial charge on any atom is -0.459 e. The molecule has 2 aromatic rings. The minimum atomic E-state index is -0.523. The number of rotatable bonds is 4. The average Bonchev–Trinajstić information content (AvgIpc) is 3.20. The van der Waals surface area contributed by atoms with Gasteiger partial charge in [0.05, 0.1) is 11.8 Å². The highest BCUT2D eigenvalue weighted by Gasteiger charge is 2.26. The van der Waals surface area contributed by atoms with Gasteiger partial charge in [0.1, 0.15) is 0 Å². The molecule has 1 saturated heterocycles. The second-order valence-corrected chi connectivity index (χ2v) is 6.09. The molecule has 0 atom stereocenters. The van der Waals surface area contributed by atoms with Crippen LogP contribution in [-0.2, 0) is 9.53 Å². The van der Waals surface area contributed by atoms with Gasteiger partial charge in [-0.1, -0.05) is 17.7 Å². The van der Waals surface area contributed by atoms with E-state index in [1.54, 1.807) is 34.1 Å². The number of ether oxygens (including phenoxy) is 1. The Morgan fingerprint density at radius 3 is 2.27 bits per heavy atom. The first kappa shape index (κ1) is 17.7. The Morgan fingerprint density at radius 1 is 1.00 bits per heavy atom. The molecule has 7 nitrogen and oxygen atoms in total. The van der Waals surface area contributed by atoms with Crippen LogP contribution in [0, 0.1) is 6.92 Å². The Balaban J connectivity index is 1.45. The molecule has 0 unspecified atom stereocenters. The van der Waals surface area contributed by atoms with Crippen molar-refractivity contribution in [3.8, 4) is 0 Å². The first-order chi connectivity index (χ1) is 12.5. The molecular weight excluding hydrogens is 336 g/mol. The molecule has 1 aromatic carbocycles.